The molecule has 3 aromatic rings. The van der Waals surface area contributed by atoms with Crippen LogP contribution in [0.3, 0.4) is 0 Å². The molecule has 0 saturated heterocycles. The van der Waals surface area contributed by atoms with Crippen molar-refractivity contribution in [3.05, 3.63) is 70.3 Å². The average molecular weight is 500 g/mol. The molecule has 2 amide bonds. The van der Waals surface area contributed by atoms with Crippen LogP contribution in [0.5, 0.6) is 0 Å². The van der Waals surface area contributed by atoms with Gasteiger partial charge in [0.15, 0.2) is 0 Å². The Balaban J connectivity index is 0.00000306. The predicted molar refractivity (Wildman–Crippen MR) is 119 cm³/mol. The molecule has 1 atom stereocenters. The highest BCUT2D eigenvalue weighted by atomic mass is 35.5. The maximum absolute atomic E-state index is 13.3. The molecule has 3 heterocycles. The number of aryl methyl sites for hydroxylation is 1. The fraction of sp³-hybridized carbons (Fsp3) is 0.238. The number of carbonyl (C=O) groups excluding carboxylic acids is 2. The van der Waals surface area contributed by atoms with Crippen LogP contribution in [0.4, 0.5) is 24.5 Å². The number of nitrogens with one attached hydrogen (secondary N) is 1. The first-order valence-corrected chi connectivity index (χ1v) is 9.93. The Labute approximate surface area is 198 Å². The van der Waals surface area contributed by atoms with E-state index >= 15 is 0 Å². The fourth-order valence-electron chi connectivity index (χ4n) is 3.54. The highest BCUT2D eigenvalue weighted by molar-refractivity contribution is 6.32. The van der Waals surface area contributed by atoms with Crippen LogP contribution in [0.2, 0.25) is 5.02 Å². The molecule has 0 unspecified atom stereocenters. The van der Waals surface area contributed by atoms with Crippen molar-refractivity contribution < 1.29 is 22.8 Å². The van der Waals surface area contributed by atoms with Crippen molar-refractivity contribution >= 4 is 47.2 Å². The first-order valence-electron chi connectivity index (χ1n) is 9.56. The Kier molecular flexibility index (Phi) is 6.71. The Morgan fingerprint density at radius 1 is 1.24 bits per heavy atom. The second-order valence-electron chi connectivity index (χ2n) is 7.42. The van der Waals surface area contributed by atoms with Gasteiger partial charge in [-0.2, -0.15) is 18.3 Å². The van der Waals surface area contributed by atoms with E-state index in [1.807, 2.05) is 0 Å². The zero-order chi connectivity index (χ0) is 23.2. The van der Waals surface area contributed by atoms with Crippen LogP contribution in [0.1, 0.15) is 44.9 Å². The first-order chi connectivity index (χ1) is 15.1. The van der Waals surface area contributed by atoms with Crippen molar-refractivity contribution in [2.75, 3.05) is 16.8 Å². The van der Waals surface area contributed by atoms with Gasteiger partial charge in [0.05, 0.1) is 40.3 Å². The molecule has 1 aromatic carbocycles. The van der Waals surface area contributed by atoms with Crippen molar-refractivity contribution in [2.45, 2.75) is 26.1 Å². The molecule has 0 fully saturated rings. The van der Waals surface area contributed by atoms with Gasteiger partial charge in [-0.05, 0) is 43.7 Å². The quantitative estimate of drug-likeness (QED) is 0.540. The summed E-state index contributed by atoms with van der Waals surface area (Å²) in [6.45, 7) is 3.74. The maximum Gasteiger partial charge on any atom is 0.417 e. The summed E-state index contributed by atoms with van der Waals surface area (Å²) in [6.07, 6.45) is -0.230. The van der Waals surface area contributed by atoms with Crippen LogP contribution in [-0.4, -0.2) is 33.1 Å². The number of fused-ring (bicyclic) bond motifs is 1. The van der Waals surface area contributed by atoms with Crippen LogP contribution in [0.25, 0.3) is 0 Å². The number of anilines is 2. The van der Waals surface area contributed by atoms with Gasteiger partial charge >= 0.3 is 6.18 Å². The van der Waals surface area contributed by atoms with Gasteiger partial charge in [-0.3, -0.25) is 19.3 Å². The molecule has 1 aliphatic rings. The van der Waals surface area contributed by atoms with Crippen molar-refractivity contribution in [1.82, 2.24) is 14.8 Å². The zero-order valence-corrected chi connectivity index (χ0v) is 18.9. The van der Waals surface area contributed by atoms with E-state index in [0.717, 1.165) is 17.7 Å². The van der Waals surface area contributed by atoms with E-state index in [0.29, 0.717) is 5.69 Å². The molecule has 33 heavy (non-hydrogen) atoms. The van der Waals surface area contributed by atoms with Gasteiger partial charge in [-0.25, -0.2) is 0 Å². The number of aromatic nitrogens is 3. The maximum atomic E-state index is 13.3. The fourth-order valence-corrected chi connectivity index (χ4v) is 3.82. The summed E-state index contributed by atoms with van der Waals surface area (Å²) in [6, 6.07) is 4.52. The summed E-state index contributed by atoms with van der Waals surface area (Å²) in [5, 5.41) is 6.38. The van der Waals surface area contributed by atoms with E-state index in [1.165, 1.54) is 28.0 Å². The van der Waals surface area contributed by atoms with Crippen molar-refractivity contribution in [3.8, 4) is 0 Å². The van der Waals surface area contributed by atoms with Crippen LogP contribution in [0, 0.1) is 6.92 Å². The summed E-state index contributed by atoms with van der Waals surface area (Å²) in [5.41, 5.74) is 0.570. The number of carbonyl (C=O) groups is 2. The van der Waals surface area contributed by atoms with E-state index in [4.69, 9.17) is 11.6 Å². The number of hydrogen-bond acceptors (Lipinski definition) is 4. The van der Waals surface area contributed by atoms with E-state index < -0.39 is 28.6 Å². The minimum absolute atomic E-state index is 0. The second kappa shape index (κ2) is 9.03. The average Bonchev–Trinajstić information content (AvgIpc) is 3.17. The third kappa shape index (κ3) is 4.53. The molecule has 2 aromatic heterocycles. The Bertz CT molecular complexity index is 1230. The van der Waals surface area contributed by atoms with Gasteiger partial charge in [-0.15, -0.1) is 12.4 Å². The first kappa shape index (κ1) is 24.5. The molecule has 0 bridgehead atoms. The SMILES string of the molecule is Cc1ccncc1NC(=O)c1cnn2c1C(=O)N(c1ccc(C(F)(F)F)c(Cl)c1)C[C@@H]2C.Cl. The van der Waals surface area contributed by atoms with Crippen LogP contribution < -0.4 is 10.2 Å². The van der Waals surface area contributed by atoms with Crippen LogP contribution >= 0.6 is 24.0 Å². The van der Waals surface area contributed by atoms with E-state index in [-0.39, 0.29) is 41.9 Å². The summed E-state index contributed by atoms with van der Waals surface area (Å²) in [4.78, 5) is 31.4. The van der Waals surface area contributed by atoms with Gasteiger partial charge in [0, 0.05) is 18.4 Å². The van der Waals surface area contributed by atoms with Gasteiger partial charge < -0.3 is 10.2 Å². The number of pyridine rings is 1. The van der Waals surface area contributed by atoms with Crippen LogP contribution in [-0.2, 0) is 6.18 Å². The topological polar surface area (TPSA) is 80.1 Å². The molecule has 0 saturated carbocycles. The minimum atomic E-state index is -4.61. The molecular formula is C21H18Cl2F3N5O2. The smallest absolute Gasteiger partial charge is 0.320 e. The lowest BCUT2D eigenvalue weighted by Gasteiger charge is -2.32. The standard InChI is InChI=1S/C21H17ClF3N5O2.ClH/c1-11-5-6-26-9-17(11)28-19(31)14-8-27-30-12(2)10-29(20(32)18(14)30)13-3-4-15(16(22)7-13)21(23,24)25;/h3-9,12H,10H2,1-2H3,(H,28,31);1H/t12-;/m0./s1. The van der Waals surface area contributed by atoms with Crippen molar-refractivity contribution in [2.24, 2.45) is 0 Å². The van der Waals surface area contributed by atoms with Gasteiger partial charge in [0.1, 0.15) is 5.69 Å². The number of benzene rings is 1. The Hall–Kier alpha value is -3.11. The normalized spacial score (nSPS) is 15.6. The van der Waals surface area contributed by atoms with E-state index in [9.17, 15) is 22.8 Å². The summed E-state index contributed by atoms with van der Waals surface area (Å²) in [5.74, 6) is -1.11. The molecule has 174 valence electrons. The highest BCUT2D eigenvalue weighted by Gasteiger charge is 2.37. The van der Waals surface area contributed by atoms with Gasteiger partial charge in [0.25, 0.3) is 11.8 Å². The molecule has 12 heteroatoms. The summed E-state index contributed by atoms with van der Waals surface area (Å²) >= 11 is 5.84. The number of hydrogen-bond donors (Lipinski definition) is 1. The third-order valence-electron chi connectivity index (χ3n) is 5.21. The summed E-state index contributed by atoms with van der Waals surface area (Å²) in [7, 11) is 0. The number of amides is 2. The Morgan fingerprint density at radius 3 is 2.61 bits per heavy atom. The number of halogens is 5. The number of alkyl halides is 3. The van der Waals surface area contributed by atoms with Gasteiger partial charge in [-0.1, -0.05) is 11.6 Å². The molecule has 0 aliphatic carbocycles. The molecule has 0 spiro atoms. The van der Waals surface area contributed by atoms with Crippen LogP contribution in [0.15, 0.2) is 42.9 Å². The predicted octanol–water partition coefficient (Wildman–Crippen LogP) is 5.15. The number of nitrogens with zero attached hydrogens (tertiary/aromatic N) is 4. The molecular weight excluding hydrogens is 482 g/mol. The van der Waals surface area contributed by atoms with Gasteiger partial charge in [0.2, 0.25) is 0 Å². The molecule has 1 N–H and O–H groups in total. The largest absolute Gasteiger partial charge is 0.417 e. The van der Waals surface area contributed by atoms with Crippen molar-refractivity contribution in [3.63, 3.8) is 0 Å². The molecule has 7 nitrogen and oxygen atoms in total. The Morgan fingerprint density at radius 2 is 1.97 bits per heavy atom. The monoisotopic (exact) mass is 499 g/mol. The third-order valence-corrected chi connectivity index (χ3v) is 5.52. The van der Waals surface area contributed by atoms with E-state index in [2.05, 4.69) is 15.4 Å². The minimum Gasteiger partial charge on any atom is -0.320 e. The lowest BCUT2D eigenvalue weighted by atomic mass is 10.1. The van der Waals surface area contributed by atoms with E-state index in [1.54, 1.807) is 26.1 Å². The molecule has 0 radical (unpaired) electrons. The summed E-state index contributed by atoms with van der Waals surface area (Å²) < 4.78 is 40.6. The lowest BCUT2D eigenvalue weighted by molar-refractivity contribution is -0.137. The van der Waals surface area contributed by atoms with Crippen molar-refractivity contribution in [1.29, 1.82) is 0 Å². The molecule has 1 aliphatic heterocycles. The lowest BCUT2D eigenvalue weighted by Crippen LogP contribution is -2.43. The number of rotatable bonds is 3. The second-order valence-corrected chi connectivity index (χ2v) is 7.83. The zero-order valence-electron chi connectivity index (χ0n) is 17.4. The highest BCUT2D eigenvalue weighted by Crippen LogP contribution is 2.37. The molecule has 4 rings (SSSR count).